The molecule has 2 N–H and O–H groups in total. The summed E-state index contributed by atoms with van der Waals surface area (Å²) in [4.78, 5) is 4.50. The Labute approximate surface area is 99.5 Å². The number of aryl methyl sites for hydroxylation is 1. The molecule has 0 aliphatic heterocycles. The van der Waals surface area contributed by atoms with Crippen LogP contribution in [-0.4, -0.2) is 4.98 Å². The van der Waals surface area contributed by atoms with Gasteiger partial charge < -0.3 is 5.73 Å². The fourth-order valence-electron chi connectivity index (χ4n) is 1.39. The van der Waals surface area contributed by atoms with E-state index in [0.717, 1.165) is 16.3 Å². The van der Waals surface area contributed by atoms with E-state index in [4.69, 9.17) is 5.73 Å². The lowest BCUT2D eigenvalue weighted by Crippen LogP contribution is -2.06. The predicted molar refractivity (Wildman–Crippen MR) is 69.4 cm³/mol. The molecule has 0 radical (unpaired) electrons. The van der Waals surface area contributed by atoms with Crippen molar-refractivity contribution in [2.75, 3.05) is 0 Å². The summed E-state index contributed by atoms with van der Waals surface area (Å²) >= 11 is 1.61. The van der Waals surface area contributed by atoms with E-state index in [0.29, 0.717) is 0 Å². The molecule has 0 fully saturated rings. The molecule has 0 amide bonds. The van der Waals surface area contributed by atoms with Crippen molar-refractivity contribution in [1.29, 1.82) is 0 Å². The fraction of sp³-hybridized carbons (Fsp3) is 0.154. The van der Waals surface area contributed by atoms with Gasteiger partial charge in [-0.3, -0.25) is 0 Å². The van der Waals surface area contributed by atoms with Crippen LogP contribution >= 0.6 is 11.3 Å². The molecule has 0 aliphatic carbocycles. The number of hydrogen-bond acceptors (Lipinski definition) is 3. The van der Waals surface area contributed by atoms with Gasteiger partial charge in [-0.2, -0.15) is 0 Å². The molecule has 0 spiro atoms. The molecule has 2 rings (SSSR count). The summed E-state index contributed by atoms with van der Waals surface area (Å²) in [6.07, 6.45) is 1.70. The van der Waals surface area contributed by atoms with Crippen LogP contribution in [0.5, 0.6) is 0 Å². The van der Waals surface area contributed by atoms with Gasteiger partial charge in [0.1, 0.15) is 5.01 Å². The van der Waals surface area contributed by atoms with Gasteiger partial charge in [0, 0.05) is 10.9 Å². The molecule has 1 unspecified atom stereocenters. The van der Waals surface area contributed by atoms with Gasteiger partial charge in [0.25, 0.3) is 0 Å². The van der Waals surface area contributed by atoms with Crippen molar-refractivity contribution in [1.82, 2.24) is 4.98 Å². The van der Waals surface area contributed by atoms with Crippen molar-refractivity contribution in [3.05, 3.63) is 53.6 Å². The number of thiazole rings is 1. The number of benzene rings is 1. The molecule has 2 nitrogen and oxygen atoms in total. The number of nitrogens with two attached hydrogens (primary N) is 1. The molecule has 3 heteroatoms. The minimum absolute atomic E-state index is 0.171. The highest BCUT2D eigenvalue weighted by molar-refractivity contribution is 7.13. The monoisotopic (exact) mass is 230 g/mol. The van der Waals surface area contributed by atoms with E-state index in [1.165, 1.54) is 5.56 Å². The van der Waals surface area contributed by atoms with Crippen LogP contribution in [0.4, 0.5) is 0 Å². The number of aromatic nitrogens is 1. The largest absolute Gasteiger partial charge is 0.319 e. The lowest BCUT2D eigenvalue weighted by Gasteiger charge is -2.00. The lowest BCUT2D eigenvalue weighted by atomic mass is 10.1. The average Bonchev–Trinajstić information content (AvgIpc) is 2.78. The Morgan fingerprint density at radius 3 is 2.69 bits per heavy atom. The maximum Gasteiger partial charge on any atom is 0.123 e. The van der Waals surface area contributed by atoms with Crippen molar-refractivity contribution in [2.24, 2.45) is 5.73 Å². The molecule has 0 aliphatic rings. The van der Waals surface area contributed by atoms with E-state index in [9.17, 15) is 0 Å². The van der Waals surface area contributed by atoms with Crippen LogP contribution in [0.25, 0.3) is 10.6 Å². The van der Waals surface area contributed by atoms with Crippen LogP contribution in [0.15, 0.2) is 42.3 Å². The van der Waals surface area contributed by atoms with Crippen LogP contribution in [0.1, 0.15) is 17.3 Å². The van der Waals surface area contributed by atoms with Gasteiger partial charge in [0.15, 0.2) is 0 Å². The summed E-state index contributed by atoms with van der Waals surface area (Å²) in [5.41, 5.74) is 9.11. The van der Waals surface area contributed by atoms with Gasteiger partial charge in [-0.1, -0.05) is 35.9 Å². The maximum absolute atomic E-state index is 5.84. The Morgan fingerprint density at radius 1 is 1.38 bits per heavy atom. The molecule has 1 heterocycles. The third-order valence-corrected chi connectivity index (χ3v) is 3.33. The van der Waals surface area contributed by atoms with Gasteiger partial charge in [-0.05, 0) is 6.92 Å². The maximum atomic E-state index is 5.84. The molecule has 0 saturated heterocycles. The second-order valence-electron chi connectivity index (χ2n) is 3.71. The average molecular weight is 230 g/mol. The van der Waals surface area contributed by atoms with Gasteiger partial charge in [0.2, 0.25) is 0 Å². The smallest absolute Gasteiger partial charge is 0.123 e. The van der Waals surface area contributed by atoms with Gasteiger partial charge >= 0.3 is 0 Å². The summed E-state index contributed by atoms with van der Waals surface area (Å²) < 4.78 is 0. The molecule has 82 valence electrons. The third-order valence-electron chi connectivity index (χ3n) is 2.42. The molecule has 2 aromatic rings. The van der Waals surface area contributed by atoms with Crippen LogP contribution in [0, 0.1) is 6.92 Å². The Hall–Kier alpha value is -1.45. The molecular weight excluding hydrogens is 216 g/mol. The van der Waals surface area contributed by atoms with Crippen LogP contribution in [0.3, 0.4) is 0 Å². The molecule has 0 saturated carbocycles. The summed E-state index contributed by atoms with van der Waals surface area (Å²) in [5.74, 6) is 0. The topological polar surface area (TPSA) is 38.9 Å². The fourth-order valence-corrected chi connectivity index (χ4v) is 2.26. The lowest BCUT2D eigenvalue weighted by molar-refractivity contribution is 0.877. The highest BCUT2D eigenvalue weighted by Gasteiger charge is 2.08. The van der Waals surface area contributed by atoms with E-state index in [1.54, 1.807) is 17.4 Å². The van der Waals surface area contributed by atoms with E-state index in [2.05, 4.69) is 42.8 Å². The number of hydrogen-bond donors (Lipinski definition) is 1. The standard InChI is InChI=1S/C13H14N2S/c1-3-11(14)12-8-16-13(15-12)10-6-4-9(2)5-7-10/h3-8,11H,1,14H2,2H3. The van der Waals surface area contributed by atoms with Crippen molar-refractivity contribution in [2.45, 2.75) is 13.0 Å². The molecule has 1 aromatic carbocycles. The first kappa shape index (κ1) is 11.0. The second-order valence-corrected chi connectivity index (χ2v) is 4.56. The third kappa shape index (κ3) is 2.21. The zero-order valence-electron chi connectivity index (χ0n) is 9.18. The SMILES string of the molecule is C=CC(N)c1csc(-c2ccc(C)cc2)n1. The van der Waals surface area contributed by atoms with Crippen LogP contribution in [0.2, 0.25) is 0 Å². The van der Waals surface area contributed by atoms with Crippen LogP contribution in [-0.2, 0) is 0 Å². The Bertz CT molecular complexity index is 485. The highest BCUT2D eigenvalue weighted by atomic mass is 32.1. The first-order valence-corrected chi connectivity index (χ1v) is 5.99. The highest BCUT2D eigenvalue weighted by Crippen LogP contribution is 2.26. The molecule has 1 aromatic heterocycles. The van der Waals surface area contributed by atoms with Crippen LogP contribution < -0.4 is 5.73 Å². The summed E-state index contributed by atoms with van der Waals surface area (Å²) in [7, 11) is 0. The van der Waals surface area contributed by atoms with Gasteiger partial charge in [0.05, 0.1) is 11.7 Å². The summed E-state index contributed by atoms with van der Waals surface area (Å²) in [6.45, 7) is 5.74. The van der Waals surface area contributed by atoms with Crippen molar-refractivity contribution < 1.29 is 0 Å². The van der Waals surface area contributed by atoms with E-state index < -0.39 is 0 Å². The Kier molecular flexibility index (Phi) is 3.17. The van der Waals surface area contributed by atoms with Crippen molar-refractivity contribution in [3.8, 4) is 10.6 Å². The van der Waals surface area contributed by atoms with E-state index >= 15 is 0 Å². The van der Waals surface area contributed by atoms with Crippen molar-refractivity contribution in [3.63, 3.8) is 0 Å². The Morgan fingerprint density at radius 2 is 2.06 bits per heavy atom. The molecule has 16 heavy (non-hydrogen) atoms. The number of nitrogens with zero attached hydrogens (tertiary/aromatic N) is 1. The van der Waals surface area contributed by atoms with Gasteiger partial charge in [-0.15, -0.1) is 17.9 Å². The second kappa shape index (κ2) is 4.60. The quantitative estimate of drug-likeness (QED) is 0.822. The first-order valence-electron chi connectivity index (χ1n) is 5.11. The minimum Gasteiger partial charge on any atom is -0.319 e. The molecule has 1 atom stereocenters. The van der Waals surface area contributed by atoms with Gasteiger partial charge in [-0.25, -0.2) is 4.98 Å². The normalized spacial score (nSPS) is 12.4. The predicted octanol–water partition coefficient (Wildman–Crippen LogP) is 3.30. The first-order chi connectivity index (χ1) is 7.70. The molecule has 0 bridgehead atoms. The minimum atomic E-state index is -0.171. The number of rotatable bonds is 3. The summed E-state index contributed by atoms with van der Waals surface area (Å²) in [6, 6.07) is 8.16. The Balaban J connectivity index is 2.31. The van der Waals surface area contributed by atoms with E-state index in [1.807, 2.05) is 5.38 Å². The zero-order valence-corrected chi connectivity index (χ0v) is 10.00. The zero-order chi connectivity index (χ0) is 11.5. The summed E-state index contributed by atoms with van der Waals surface area (Å²) in [5, 5.41) is 2.99. The molecular formula is C13H14N2S. The van der Waals surface area contributed by atoms with E-state index in [-0.39, 0.29) is 6.04 Å². The van der Waals surface area contributed by atoms with Crippen molar-refractivity contribution >= 4 is 11.3 Å².